The molecular weight excluding hydrogens is 283 g/mol. The highest BCUT2D eigenvalue weighted by atomic mass is 35.5. The summed E-state index contributed by atoms with van der Waals surface area (Å²) >= 11 is 5.77. The van der Waals surface area contributed by atoms with Crippen LogP contribution in [0.1, 0.15) is 23.0 Å². The zero-order chi connectivity index (χ0) is 14.7. The number of hydrogen-bond donors (Lipinski definition) is 1. The van der Waals surface area contributed by atoms with Crippen LogP contribution in [0.15, 0.2) is 30.5 Å². The van der Waals surface area contributed by atoms with Gasteiger partial charge < -0.3 is 15.0 Å². The molecule has 2 rings (SSSR count). The Balaban J connectivity index is 2.10. The van der Waals surface area contributed by atoms with Crippen molar-refractivity contribution in [3.05, 3.63) is 52.6 Å². The summed E-state index contributed by atoms with van der Waals surface area (Å²) in [6.45, 7) is 2.29. The van der Waals surface area contributed by atoms with E-state index in [-0.39, 0.29) is 12.2 Å². The van der Waals surface area contributed by atoms with Gasteiger partial charge in [-0.3, -0.25) is 0 Å². The van der Waals surface area contributed by atoms with Crippen molar-refractivity contribution in [2.75, 3.05) is 5.73 Å². The van der Waals surface area contributed by atoms with Gasteiger partial charge in [0.05, 0.1) is 5.69 Å². The van der Waals surface area contributed by atoms with E-state index in [2.05, 4.69) is 0 Å². The Bertz CT molecular complexity index is 640. The third-order valence-electron chi connectivity index (χ3n) is 2.83. The molecule has 2 aromatic rings. The molecule has 0 amide bonds. The lowest BCUT2D eigenvalue weighted by Gasteiger charge is -2.08. The van der Waals surface area contributed by atoms with E-state index in [4.69, 9.17) is 22.1 Å². The van der Waals surface area contributed by atoms with Gasteiger partial charge >= 0.3 is 5.97 Å². The predicted octanol–water partition coefficient (Wildman–Crippen LogP) is 3.24. The Kier molecular flexibility index (Phi) is 4.29. The predicted molar refractivity (Wildman–Crippen MR) is 75.0 cm³/mol. The maximum atomic E-state index is 13.5. The molecule has 0 unspecified atom stereocenters. The summed E-state index contributed by atoms with van der Waals surface area (Å²) in [6, 6.07) is 5.63. The fraction of sp³-hybridized carbons (Fsp3) is 0.214. The van der Waals surface area contributed by atoms with E-state index in [1.54, 1.807) is 10.8 Å². The lowest BCUT2D eigenvalue weighted by molar-refractivity contribution is 0.0456. The number of rotatable bonds is 4. The number of hydrogen-bond acceptors (Lipinski definition) is 3. The summed E-state index contributed by atoms with van der Waals surface area (Å²) < 4.78 is 20.3. The normalized spacial score (nSPS) is 10.6. The number of carbonyl (C=O) groups excluding carboxylic acids is 1. The molecule has 0 radical (unpaired) electrons. The maximum Gasteiger partial charge on any atom is 0.355 e. The SMILES string of the molecule is CCn1cc(N)cc1C(=O)OCc1cc(Cl)ccc1F. The average molecular weight is 297 g/mol. The largest absolute Gasteiger partial charge is 0.456 e. The fourth-order valence-corrected chi connectivity index (χ4v) is 2.03. The zero-order valence-electron chi connectivity index (χ0n) is 10.9. The quantitative estimate of drug-likeness (QED) is 0.881. The van der Waals surface area contributed by atoms with Crippen molar-refractivity contribution >= 4 is 23.3 Å². The minimum atomic E-state index is -0.553. The maximum absolute atomic E-state index is 13.5. The number of aryl methyl sites for hydroxylation is 1. The highest BCUT2D eigenvalue weighted by Gasteiger charge is 2.14. The van der Waals surface area contributed by atoms with Crippen LogP contribution in [0.25, 0.3) is 0 Å². The van der Waals surface area contributed by atoms with E-state index in [9.17, 15) is 9.18 Å². The van der Waals surface area contributed by atoms with Crippen LogP contribution in [-0.2, 0) is 17.9 Å². The molecule has 4 nitrogen and oxygen atoms in total. The van der Waals surface area contributed by atoms with Crippen molar-refractivity contribution in [2.24, 2.45) is 0 Å². The molecule has 0 bridgehead atoms. The molecule has 0 spiro atoms. The van der Waals surface area contributed by atoms with Gasteiger partial charge in [-0.1, -0.05) is 11.6 Å². The molecule has 106 valence electrons. The van der Waals surface area contributed by atoms with Gasteiger partial charge in [0.15, 0.2) is 0 Å². The Morgan fingerprint density at radius 1 is 1.45 bits per heavy atom. The second-order valence-electron chi connectivity index (χ2n) is 4.26. The topological polar surface area (TPSA) is 57.2 Å². The van der Waals surface area contributed by atoms with Crippen molar-refractivity contribution in [1.82, 2.24) is 4.57 Å². The molecule has 2 N–H and O–H groups in total. The Morgan fingerprint density at radius 2 is 2.20 bits per heavy atom. The van der Waals surface area contributed by atoms with Gasteiger partial charge in [0.1, 0.15) is 18.1 Å². The van der Waals surface area contributed by atoms with Crippen LogP contribution in [0.4, 0.5) is 10.1 Å². The number of nitrogen functional groups attached to an aromatic ring is 1. The highest BCUT2D eigenvalue weighted by Crippen LogP contribution is 2.17. The summed E-state index contributed by atoms with van der Waals surface area (Å²) in [6.07, 6.45) is 1.65. The van der Waals surface area contributed by atoms with Gasteiger partial charge in [-0.25, -0.2) is 9.18 Å². The lowest BCUT2D eigenvalue weighted by Crippen LogP contribution is -2.11. The molecule has 0 saturated carbocycles. The number of nitrogens with two attached hydrogens (primary N) is 1. The van der Waals surface area contributed by atoms with Gasteiger partial charge in [0.25, 0.3) is 0 Å². The minimum absolute atomic E-state index is 0.181. The van der Waals surface area contributed by atoms with Crippen molar-refractivity contribution < 1.29 is 13.9 Å². The summed E-state index contributed by atoms with van der Waals surface area (Å²) in [5.41, 5.74) is 6.69. The first-order chi connectivity index (χ1) is 9.51. The molecule has 0 aliphatic carbocycles. The van der Waals surface area contributed by atoms with Crippen molar-refractivity contribution in [3.63, 3.8) is 0 Å². The van der Waals surface area contributed by atoms with Gasteiger partial charge in [-0.05, 0) is 31.2 Å². The Labute approximate surface area is 120 Å². The number of esters is 1. The van der Waals surface area contributed by atoms with E-state index >= 15 is 0 Å². The molecule has 1 aromatic heterocycles. The molecule has 20 heavy (non-hydrogen) atoms. The van der Waals surface area contributed by atoms with Gasteiger partial charge in [-0.2, -0.15) is 0 Å². The van der Waals surface area contributed by atoms with Crippen molar-refractivity contribution in [3.8, 4) is 0 Å². The van der Waals surface area contributed by atoms with Crippen LogP contribution in [0.3, 0.4) is 0 Å². The first-order valence-corrected chi connectivity index (χ1v) is 6.45. The van der Waals surface area contributed by atoms with E-state index in [0.29, 0.717) is 22.9 Å². The number of aromatic nitrogens is 1. The number of ether oxygens (including phenoxy) is 1. The molecule has 0 fully saturated rings. The third-order valence-corrected chi connectivity index (χ3v) is 3.07. The molecule has 0 aliphatic rings. The second kappa shape index (κ2) is 5.96. The molecular formula is C14H14ClFN2O2. The highest BCUT2D eigenvalue weighted by molar-refractivity contribution is 6.30. The van der Waals surface area contributed by atoms with Gasteiger partial charge in [0, 0.05) is 23.3 Å². The lowest BCUT2D eigenvalue weighted by atomic mass is 10.2. The number of benzene rings is 1. The average Bonchev–Trinajstić information content (AvgIpc) is 2.80. The molecule has 6 heteroatoms. The molecule has 0 atom stereocenters. The van der Waals surface area contributed by atoms with E-state index < -0.39 is 11.8 Å². The Morgan fingerprint density at radius 3 is 2.90 bits per heavy atom. The van der Waals surface area contributed by atoms with Crippen LogP contribution in [0.5, 0.6) is 0 Å². The first kappa shape index (κ1) is 14.4. The van der Waals surface area contributed by atoms with Crippen LogP contribution in [-0.4, -0.2) is 10.5 Å². The molecule has 1 heterocycles. The third kappa shape index (κ3) is 3.11. The van der Waals surface area contributed by atoms with E-state index in [1.807, 2.05) is 6.92 Å². The molecule has 1 aromatic carbocycles. The molecule has 0 aliphatic heterocycles. The fourth-order valence-electron chi connectivity index (χ4n) is 1.84. The van der Waals surface area contributed by atoms with Crippen LogP contribution >= 0.6 is 11.6 Å². The zero-order valence-corrected chi connectivity index (χ0v) is 11.7. The van der Waals surface area contributed by atoms with Crippen LogP contribution in [0, 0.1) is 5.82 Å². The van der Waals surface area contributed by atoms with E-state index in [0.717, 1.165) is 0 Å². The van der Waals surface area contributed by atoms with Crippen molar-refractivity contribution in [2.45, 2.75) is 20.1 Å². The van der Waals surface area contributed by atoms with E-state index in [1.165, 1.54) is 24.3 Å². The molecule has 0 saturated heterocycles. The summed E-state index contributed by atoms with van der Waals surface area (Å²) in [7, 11) is 0. The van der Waals surface area contributed by atoms with Gasteiger partial charge in [-0.15, -0.1) is 0 Å². The van der Waals surface area contributed by atoms with Crippen molar-refractivity contribution in [1.29, 1.82) is 0 Å². The second-order valence-corrected chi connectivity index (χ2v) is 4.69. The number of carbonyl (C=O) groups is 1. The summed E-state index contributed by atoms with van der Waals surface area (Å²) in [5.74, 6) is -1.02. The number of anilines is 1. The number of halogens is 2. The summed E-state index contributed by atoms with van der Waals surface area (Å²) in [5, 5.41) is 0.388. The Hall–Kier alpha value is -2.01. The standard InChI is InChI=1S/C14H14ClFN2O2/c1-2-18-7-11(17)6-13(18)14(19)20-8-9-5-10(15)3-4-12(9)16/h3-7H,2,8,17H2,1H3. The summed E-state index contributed by atoms with van der Waals surface area (Å²) in [4.78, 5) is 12.0. The first-order valence-electron chi connectivity index (χ1n) is 6.08. The monoisotopic (exact) mass is 296 g/mol. The van der Waals surface area contributed by atoms with Crippen LogP contribution in [0.2, 0.25) is 5.02 Å². The van der Waals surface area contributed by atoms with Gasteiger partial charge in [0.2, 0.25) is 0 Å². The number of nitrogens with zero attached hydrogens (tertiary/aromatic N) is 1. The smallest absolute Gasteiger partial charge is 0.355 e. The van der Waals surface area contributed by atoms with Crippen LogP contribution < -0.4 is 5.73 Å². The minimum Gasteiger partial charge on any atom is -0.456 e.